The summed E-state index contributed by atoms with van der Waals surface area (Å²) in [6.45, 7) is 0. The third kappa shape index (κ3) is 5.88. The lowest BCUT2D eigenvalue weighted by molar-refractivity contribution is 1.27. The molecule has 10 aromatic carbocycles. The minimum atomic E-state index is 1.10. The number of para-hydroxylation sites is 2. The molecule has 0 N–H and O–H groups in total. The van der Waals surface area contributed by atoms with Crippen LogP contribution in [-0.4, -0.2) is 0 Å². The standard InChI is InChI=1S/C54H36N2S/c1-4-14-37(15-5-1)41-24-25-43-34-46(30-27-42(43)32-41)55(44-19-6-2-7-20-44)48-35-51(53-50-31-28-39-17-12-13-23-49(39)54(50)57-52(53)36-48)56(45-21-8-3-9-22-45)47-29-26-38-16-10-11-18-40(38)33-47/h1-36H. The Morgan fingerprint density at radius 3 is 1.60 bits per heavy atom. The molecule has 268 valence electrons. The lowest BCUT2D eigenvalue weighted by Gasteiger charge is -2.30. The lowest BCUT2D eigenvalue weighted by Crippen LogP contribution is -2.13. The Balaban J connectivity index is 1.19. The van der Waals surface area contributed by atoms with Crippen molar-refractivity contribution in [3.05, 3.63) is 218 Å². The van der Waals surface area contributed by atoms with E-state index in [1.807, 2.05) is 11.3 Å². The average Bonchev–Trinajstić information content (AvgIpc) is 3.67. The number of hydrogen-bond donors (Lipinski definition) is 0. The van der Waals surface area contributed by atoms with E-state index in [2.05, 4.69) is 228 Å². The van der Waals surface area contributed by atoms with Gasteiger partial charge in [0.25, 0.3) is 0 Å². The van der Waals surface area contributed by atoms with E-state index in [4.69, 9.17) is 0 Å². The van der Waals surface area contributed by atoms with Crippen LogP contribution in [0.4, 0.5) is 34.1 Å². The summed E-state index contributed by atoms with van der Waals surface area (Å²) < 4.78 is 2.55. The number of hydrogen-bond acceptors (Lipinski definition) is 3. The maximum absolute atomic E-state index is 2.45. The van der Waals surface area contributed by atoms with Gasteiger partial charge in [0.15, 0.2) is 0 Å². The van der Waals surface area contributed by atoms with Gasteiger partial charge in [0.1, 0.15) is 0 Å². The predicted molar refractivity (Wildman–Crippen MR) is 247 cm³/mol. The maximum atomic E-state index is 2.45. The first kappa shape index (κ1) is 33.2. The zero-order valence-electron chi connectivity index (χ0n) is 31.1. The number of benzene rings is 10. The molecule has 0 saturated heterocycles. The number of anilines is 6. The highest BCUT2D eigenvalue weighted by Gasteiger charge is 2.24. The number of thiophene rings is 1. The minimum Gasteiger partial charge on any atom is -0.310 e. The molecule has 2 nitrogen and oxygen atoms in total. The normalized spacial score (nSPS) is 11.5. The first-order valence-corrected chi connectivity index (χ1v) is 20.2. The molecule has 3 heteroatoms. The lowest BCUT2D eigenvalue weighted by atomic mass is 10.0. The molecule has 0 saturated carbocycles. The van der Waals surface area contributed by atoms with E-state index < -0.39 is 0 Å². The van der Waals surface area contributed by atoms with Gasteiger partial charge in [-0.1, -0.05) is 152 Å². The van der Waals surface area contributed by atoms with Crippen LogP contribution in [0.3, 0.4) is 0 Å². The van der Waals surface area contributed by atoms with Crippen molar-refractivity contribution in [2.75, 3.05) is 9.80 Å². The first-order chi connectivity index (χ1) is 28.2. The molecule has 0 unspecified atom stereocenters. The molecule has 11 aromatic rings. The minimum absolute atomic E-state index is 1.10. The molecular formula is C54H36N2S. The molecule has 1 aromatic heterocycles. The second-order valence-electron chi connectivity index (χ2n) is 14.6. The van der Waals surface area contributed by atoms with E-state index in [1.165, 1.54) is 63.6 Å². The molecule has 0 atom stereocenters. The Morgan fingerprint density at radius 2 is 0.842 bits per heavy atom. The maximum Gasteiger partial charge on any atom is 0.0575 e. The Hall–Kier alpha value is -7.20. The summed E-state index contributed by atoms with van der Waals surface area (Å²) in [5, 5.41) is 9.90. The summed E-state index contributed by atoms with van der Waals surface area (Å²) in [5.74, 6) is 0. The summed E-state index contributed by atoms with van der Waals surface area (Å²) in [7, 11) is 0. The zero-order valence-corrected chi connectivity index (χ0v) is 31.9. The topological polar surface area (TPSA) is 6.48 Å². The van der Waals surface area contributed by atoms with Gasteiger partial charge in [-0.3, -0.25) is 0 Å². The number of fused-ring (bicyclic) bond motifs is 7. The van der Waals surface area contributed by atoms with Gasteiger partial charge >= 0.3 is 0 Å². The zero-order chi connectivity index (χ0) is 37.7. The van der Waals surface area contributed by atoms with Gasteiger partial charge in [0.05, 0.1) is 5.69 Å². The van der Waals surface area contributed by atoms with Crippen LogP contribution in [0.15, 0.2) is 218 Å². The average molecular weight is 745 g/mol. The summed E-state index contributed by atoms with van der Waals surface area (Å²) in [6, 6.07) is 79.5. The van der Waals surface area contributed by atoms with Crippen molar-refractivity contribution in [1.82, 2.24) is 0 Å². The molecule has 11 rings (SSSR count). The van der Waals surface area contributed by atoms with Gasteiger partial charge < -0.3 is 9.80 Å². The molecule has 0 radical (unpaired) electrons. The monoisotopic (exact) mass is 744 g/mol. The Morgan fingerprint density at radius 1 is 0.298 bits per heavy atom. The van der Waals surface area contributed by atoms with Crippen molar-refractivity contribution in [3.63, 3.8) is 0 Å². The van der Waals surface area contributed by atoms with Gasteiger partial charge in [-0.25, -0.2) is 0 Å². The van der Waals surface area contributed by atoms with E-state index in [-0.39, 0.29) is 0 Å². The van der Waals surface area contributed by atoms with Crippen molar-refractivity contribution in [3.8, 4) is 11.1 Å². The van der Waals surface area contributed by atoms with Gasteiger partial charge in [-0.15, -0.1) is 11.3 Å². The fourth-order valence-corrected chi connectivity index (χ4v) is 9.72. The molecule has 0 aliphatic rings. The predicted octanol–water partition coefficient (Wildman–Crippen LogP) is 16.1. The van der Waals surface area contributed by atoms with Crippen LogP contribution in [0.1, 0.15) is 0 Å². The summed E-state index contributed by atoms with van der Waals surface area (Å²) >= 11 is 1.89. The van der Waals surface area contributed by atoms with Crippen LogP contribution < -0.4 is 9.80 Å². The van der Waals surface area contributed by atoms with Gasteiger partial charge in [0.2, 0.25) is 0 Å². The third-order valence-corrected chi connectivity index (χ3v) is 12.3. The van der Waals surface area contributed by atoms with Crippen LogP contribution in [0.25, 0.3) is 63.6 Å². The van der Waals surface area contributed by atoms with E-state index >= 15 is 0 Å². The highest BCUT2D eigenvalue weighted by molar-refractivity contribution is 7.26. The fraction of sp³-hybridized carbons (Fsp3) is 0. The number of nitrogens with zero attached hydrogens (tertiary/aromatic N) is 2. The quantitative estimate of drug-likeness (QED) is 0.160. The van der Waals surface area contributed by atoms with E-state index in [0.717, 1.165) is 34.1 Å². The molecule has 0 amide bonds. The second-order valence-corrected chi connectivity index (χ2v) is 15.6. The molecule has 1 heterocycles. The Kier molecular flexibility index (Phi) is 8.04. The number of rotatable bonds is 7. The highest BCUT2D eigenvalue weighted by atomic mass is 32.1. The van der Waals surface area contributed by atoms with Crippen molar-refractivity contribution < 1.29 is 0 Å². The summed E-state index contributed by atoms with van der Waals surface area (Å²) in [5.41, 5.74) is 9.11. The molecule has 0 aliphatic heterocycles. The van der Waals surface area contributed by atoms with Gasteiger partial charge in [-0.2, -0.15) is 0 Å². The largest absolute Gasteiger partial charge is 0.310 e. The molecule has 0 spiro atoms. The van der Waals surface area contributed by atoms with Crippen LogP contribution >= 0.6 is 11.3 Å². The Labute approximate surface area is 335 Å². The highest BCUT2D eigenvalue weighted by Crippen LogP contribution is 2.50. The van der Waals surface area contributed by atoms with Crippen molar-refractivity contribution >= 4 is 98.0 Å². The van der Waals surface area contributed by atoms with Crippen molar-refractivity contribution in [2.24, 2.45) is 0 Å². The van der Waals surface area contributed by atoms with Crippen LogP contribution in [0.2, 0.25) is 0 Å². The second kappa shape index (κ2) is 13.8. The fourth-order valence-electron chi connectivity index (χ4n) is 8.43. The van der Waals surface area contributed by atoms with Crippen LogP contribution in [0, 0.1) is 0 Å². The van der Waals surface area contributed by atoms with Gasteiger partial charge in [-0.05, 0) is 110 Å². The van der Waals surface area contributed by atoms with E-state index in [0.29, 0.717) is 0 Å². The summed E-state index contributed by atoms with van der Waals surface area (Å²) in [4.78, 5) is 4.87. The molecule has 57 heavy (non-hydrogen) atoms. The van der Waals surface area contributed by atoms with Crippen molar-refractivity contribution in [2.45, 2.75) is 0 Å². The van der Waals surface area contributed by atoms with E-state index in [9.17, 15) is 0 Å². The molecule has 0 bridgehead atoms. The van der Waals surface area contributed by atoms with Crippen molar-refractivity contribution in [1.29, 1.82) is 0 Å². The first-order valence-electron chi connectivity index (χ1n) is 19.4. The molecule has 0 fully saturated rings. The third-order valence-electron chi connectivity index (χ3n) is 11.1. The summed E-state index contributed by atoms with van der Waals surface area (Å²) in [6.07, 6.45) is 0. The molecule has 0 aliphatic carbocycles. The van der Waals surface area contributed by atoms with Gasteiger partial charge in [0, 0.05) is 48.6 Å². The molecular weight excluding hydrogens is 709 g/mol. The van der Waals surface area contributed by atoms with Crippen LogP contribution in [0.5, 0.6) is 0 Å². The Bertz CT molecular complexity index is 3240. The SMILES string of the molecule is c1ccc(-c2ccc3cc(N(c4ccccc4)c4cc(N(c5ccccc5)c5ccc6ccccc6c5)c5c(c4)sc4c6ccccc6ccc45)ccc3c2)cc1. The van der Waals surface area contributed by atoms with E-state index in [1.54, 1.807) is 0 Å². The smallest absolute Gasteiger partial charge is 0.0575 e. The van der Waals surface area contributed by atoms with Crippen LogP contribution in [-0.2, 0) is 0 Å².